The normalized spacial score (nSPS) is 15.3. The molecule has 1 aliphatic rings. The second-order valence-corrected chi connectivity index (χ2v) is 8.25. The fourth-order valence-electron chi connectivity index (χ4n) is 3.88. The van der Waals surface area contributed by atoms with E-state index >= 15 is 0 Å². The van der Waals surface area contributed by atoms with Gasteiger partial charge in [-0.25, -0.2) is 9.69 Å². The number of rotatable bonds is 4. The SMILES string of the molecule is Cc1cc(C)cc(Cc2ccc(Cl)cc2/C=C2\C(=O)NC(=O)N(c3ccccc3)C2=O)c1. The highest BCUT2D eigenvalue weighted by molar-refractivity contribution is 6.39. The van der Waals surface area contributed by atoms with Crippen LogP contribution in [0.15, 0.2) is 72.3 Å². The molecule has 1 N–H and O–H groups in total. The monoisotopic (exact) mass is 444 g/mol. The van der Waals surface area contributed by atoms with E-state index in [-0.39, 0.29) is 5.57 Å². The Morgan fingerprint density at radius 1 is 0.906 bits per heavy atom. The highest BCUT2D eigenvalue weighted by Gasteiger charge is 2.36. The van der Waals surface area contributed by atoms with Crippen LogP contribution in [-0.2, 0) is 16.0 Å². The maximum absolute atomic E-state index is 13.1. The third kappa shape index (κ3) is 4.48. The van der Waals surface area contributed by atoms with Gasteiger partial charge in [-0.05, 0) is 67.3 Å². The van der Waals surface area contributed by atoms with Gasteiger partial charge in [0, 0.05) is 5.02 Å². The van der Waals surface area contributed by atoms with Gasteiger partial charge in [0.2, 0.25) is 0 Å². The van der Waals surface area contributed by atoms with Crippen LogP contribution in [-0.4, -0.2) is 17.8 Å². The molecule has 0 saturated carbocycles. The number of urea groups is 1. The highest BCUT2D eigenvalue weighted by atomic mass is 35.5. The first-order chi connectivity index (χ1) is 15.3. The van der Waals surface area contributed by atoms with Gasteiger partial charge in [-0.15, -0.1) is 0 Å². The van der Waals surface area contributed by atoms with E-state index in [0.717, 1.165) is 27.2 Å². The molecule has 160 valence electrons. The lowest BCUT2D eigenvalue weighted by atomic mass is 9.95. The van der Waals surface area contributed by atoms with E-state index in [1.54, 1.807) is 42.5 Å². The molecule has 4 amide bonds. The molecule has 1 heterocycles. The van der Waals surface area contributed by atoms with Crippen molar-refractivity contribution in [3.63, 3.8) is 0 Å². The Balaban J connectivity index is 1.75. The molecular formula is C26H21ClN2O3. The summed E-state index contributed by atoms with van der Waals surface area (Å²) < 4.78 is 0. The number of benzene rings is 3. The summed E-state index contributed by atoms with van der Waals surface area (Å²) in [7, 11) is 0. The van der Waals surface area contributed by atoms with E-state index in [1.807, 2.05) is 19.9 Å². The van der Waals surface area contributed by atoms with Crippen molar-refractivity contribution in [2.75, 3.05) is 4.90 Å². The number of nitrogens with one attached hydrogen (secondary N) is 1. The Labute approximate surface area is 191 Å². The molecule has 0 bridgehead atoms. The van der Waals surface area contributed by atoms with Crippen LogP contribution >= 0.6 is 11.6 Å². The number of hydrogen-bond donors (Lipinski definition) is 1. The third-order valence-corrected chi connectivity index (χ3v) is 5.43. The number of nitrogens with zero attached hydrogens (tertiary/aromatic N) is 1. The van der Waals surface area contributed by atoms with Crippen molar-refractivity contribution < 1.29 is 14.4 Å². The maximum atomic E-state index is 13.1. The molecular weight excluding hydrogens is 424 g/mol. The zero-order chi connectivity index (χ0) is 22.8. The first-order valence-corrected chi connectivity index (χ1v) is 10.5. The predicted molar refractivity (Wildman–Crippen MR) is 126 cm³/mol. The van der Waals surface area contributed by atoms with Gasteiger partial charge in [0.15, 0.2) is 0 Å². The van der Waals surface area contributed by atoms with E-state index < -0.39 is 17.8 Å². The van der Waals surface area contributed by atoms with Gasteiger partial charge in [-0.3, -0.25) is 14.9 Å². The molecule has 32 heavy (non-hydrogen) atoms. The molecule has 3 aromatic rings. The Morgan fingerprint density at radius 2 is 1.59 bits per heavy atom. The van der Waals surface area contributed by atoms with Crippen LogP contribution in [0, 0.1) is 13.8 Å². The zero-order valence-electron chi connectivity index (χ0n) is 17.7. The lowest BCUT2D eigenvalue weighted by Crippen LogP contribution is -2.54. The molecule has 3 aromatic carbocycles. The van der Waals surface area contributed by atoms with E-state index in [9.17, 15) is 14.4 Å². The molecule has 0 radical (unpaired) electrons. The van der Waals surface area contributed by atoms with Crippen molar-refractivity contribution in [3.05, 3.63) is 105 Å². The summed E-state index contributed by atoms with van der Waals surface area (Å²) in [4.78, 5) is 39.0. The molecule has 1 fully saturated rings. The molecule has 0 atom stereocenters. The molecule has 5 nitrogen and oxygen atoms in total. The Hall–Kier alpha value is -3.70. The molecule has 6 heteroatoms. The molecule has 1 saturated heterocycles. The Morgan fingerprint density at radius 3 is 2.28 bits per heavy atom. The second kappa shape index (κ2) is 8.81. The number of carbonyl (C=O) groups excluding carboxylic acids is 3. The van der Waals surface area contributed by atoms with E-state index in [2.05, 4.69) is 23.5 Å². The van der Waals surface area contributed by atoms with Crippen molar-refractivity contribution in [2.24, 2.45) is 0 Å². The smallest absolute Gasteiger partial charge is 0.273 e. The Bertz CT molecular complexity index is 1250. The molecule has 4 rings (SSSR count). The Kier molecular flexibility index (Phi) is 5.93. The fourth-order valence-corrected chi connectivity index (χ4v) is 4.06. The molecule has 0 aromatic heterocycles. The average molecular weight is 445 g/mol. The molecule has 0 aliphatic carbocycles. The number of hydrogen-bond acceptors (Lipinski definition) is 3. The number of barbiturate groups is 1. The zero-order valence-corrected chi connectivity index (χ0v) is 18.4. The summed E-state index contributed by atoms with van der Waals surface area (Å²) >= 11 is 6.23. The number of imide groups is 2. The fraction of sp³-hybridized carbons (Fsp3) is 0.115. The molecule has 0 unspecified atom stereocenters. The van der Waals surface area contributed by atoms with Gasteiger partial charge >= 0.3 is 6.03 Å². The van der Waals surface area contributed by atoms with Gasteiger partial charge in [-0.1, -0.05) is 65.2 Å². The van der Waals surface area contributed by atoms with E-state index in [4.69, 9.17) is 11.6 Å². The first kappa shape index (κ1) is 21.5. The van der Waals surface area contributed by atoms with Crippen LogP contribution in [0.5, 0.6) is 0 Å². The van der Waals surface area contributed by atoms with Crippen LogP contribution in [0.25, 0.3) is 6.08 Å². The second-order valence-electron chi connectivity index (χ2n) is 7.81. The molecule has 0 spiro atoms. The van der Waals surface area contributed by atoms with E-state index in [1.165, 1.54) is 6.08 Å². The topological polar surface area (TPSA) is 66.5 Å². The number of carbonyl (C=O) groups is 3. The largest absolute Gasteiger partial charge is 0.335 e. The van der Waals surface area contributed by atoms with Crippen LogP contribution in [0.1, 0.15) is 27.8 Å². The molecule has 1 aliphatic heterocycles. The standard InChI is InChI=1S/C26H21ClN2O3/c1-16-10-17(2)12-18(11-16)13-19-8-9-21(27)14-20(19)15-23-24(30)28-26(32)29(25(23)31)22-6-4-3-5-7-22/h3-12,14-15H,13H2,1-2H3,(H,28,30,32)/b23-15+. The van der Waals surface area contributed by atoms with Crippen molar-refractivity contribution in [1.82, 2.24) is 5.32 Å². The minimum absolute atomic E-state index is 0.127. The van der Waals surface area contributed by atoms with Crippen molar-refractivity contribution in [3.8, 4) is 0 Å². The number of para-hydroxylation sites is 1. The minimum atomic E-state index is -0.773. The first-order valence-electron chi connectivity index (χ1n) is 10.1. The maximum Gasteiger partial charge on any atom is 0.335 e. The van der Waals surface area contributed by atoms with Crippen molar-refractivity contribution >= 4 is 41.2 Å². The summed E-state index contributed by atoms with van der Waals surface area (Å²) in [6, 6.07) is 19.4. The van der Waals surface area contributed by atoms with Gasteiger partial charge in [0.25, 0.3) is 11.8 Å². The van der Waals surface area contributed by atoms with Gasteiger partial charge < -0.3 is 0 Å². The predicted octanol–water partition coefficient (Wildman–Crippen LogP) is 5.21. The van der Waals surface area contributed by atoms with Gasteiger partial charge in [0.1, 0.15) is 5.57 Å². The summed E-state index contributed by atoms with van der Waals surface area (Å²) in [6.07, 6.45) is 2.11. The lowest BCUT2D eigenvalue weighted by Gasteiger charge is -2.26. The summed E-state index contributed by atoms with van der Waals surface area (Å²) in [6.45, 7) is 4.09. The minimum Gasteiger partial charge on any atom is -0.273 e. The van der Waals surface area contributed by atoms with Crippen LogP contribution in [0.2, 0.25) is 5.02 Å². The summed E-state index contributed by atoms with van der Waals surface area (Å²) in [5.74, 6) is -1.41. The summed E-state index contributed by atoms with van der Waals surface area (Å²) in [5.41, 5.74) is 5.26. The summed E-state index contributed by atoms with van der Waals surface area (Å²) in [5, 5.41) is 2.74. The lowest BCUT2D eigenvalue weighted by molar-refractivity contribution is -0.122. The quantitative estimate of drug-likeness (QED) is 0.443. The number of halogens is 1. The number of amides is 4. The van der Waals surface area contributed by atoms with Crippen molar-refractivity contribution in [1.29, 1.82) is 0 Å². The van der Waals surface area contributed by atoms with E-state index in [0.29, 0.717) is 22.7 Å². The van der Waals surface area contributed by atoms with Crippen LogP contribution in [0.4, 0.5) is 10.5 Å². The average Bonchev–Trinajstić information content (AvgIpc) is 2.73. The van der Waals surface area contributed by atoms with Gasteiger partial charge in [-0.2, -0.15) is 0 Å². The van der Waals surface area contributed by atoms with Crippen LogP contribution in [0.3, 0.4) is 0 Å². The highest BCUT2D eigenvalue weighted by Crippen LogP contribution is 2.26. The van der Waals surface area contributed by atoms with Crippen molar-refractivity contribution in [2.45, 2.75) is 20.3 Å². The third-order valence-electron chi connectivity index (χ3n) is 5.20. The number of aryl methyl sites for hydroxylation is 2. The van der Waals surface area contributed by atoms with Crippen LogP contribution < -0.4 is 10.2 Å². The van der Waals surface area contributed by atoms with Gasteiger partial charge in [0.05, 0.1) is 5.69 Å². The number of anilines is 1.